The molecule has 0 unspecified atom stereocenters. The maximum atomic E-state index is 11.7. The summed E-state index contributed by atoms with van der Waals surface area (Å²) in [7, 11) is 0. The molecule has 0 radical (unpaired) electrons. The maximum absolute atomic E-state index is 11.7. The van der Waals surface area contributed by atoms with Crippen LogP contribution in [-0.2, 0) is 11.3 Å². The van der Waals surface area contributed by atoms with E-state index in [2.05, 4.69) is 15.6 Å². The number of piperidine rings is 1. The number of hydrogen-bond acceptors (Lipinski definition) is 4. The Bertz CT molecular complexity index is 372. The molecule has 17 heavy (non-hydrogen) atoms. The molecule has 1 saturated heterocycles. The van der Waals surface area contributed by atoms with Gasteiger partial charge in [0, 0.05) is 11.8 Å². The number of carbonyl (C=O) groups excluding carboxylic acids is 1. The molecule has 1 fully saturated rings. The van der Waals surface area contributed by atoms with Crippen molar-refractivity contribution in [2.75, 3.05) is 13.1 Å². The molecule has 0 bridgehead atoms. The van der Waals surface area contributed by atoms with Crippen LogP contribution in [0.2, 0.25) is 0 Å². The molecule has 1 aliphatic rings. The lowest BCUT2D eigenvalue weighted by molar-refractivity contribution is -0.122. The standard InChI is InChI=1S/C12H19N3OS/c1-9-15-11(8-17-9)7-14-12(16)6-10-2-4-13-5-3-10/h8,10,13H,2-7H2,1H3,(H,14,16). The van der Waals surface area contributed by atoms with Crippen LogP contribution in [0.5, 0.6) is 0 Å². The minimum atomic E-state index is 0.155. The molecule has 0 aromatic carbocycles. The zero-order valence-corrected chi connectivity index (χ0v) is 11.0. The fourth-order valence-corrected chi connectivity index (χ4v) is 2.71. The predicted molar refractivity (Wildman–Crippen MR) is 68.9 cm³/mol. The number of nitrogens with zero attached hydrogens (tertiary/aromatic N) is 1. The third-order valence-electron chi connectivity index (χ3n) is 3.07. The summed E-state index contributed by atoms with van der Waals surface area (Å²) in [5.74, 6) is 0.705. The summed E-state index contributed by atoms with van der Waals surface area (Å²) in [6, 6.07) is 0. The molecule has 94 valence electrons. The zero-order valence-electron chi connectivity index (χ0n) is 10.2. The first-order chi connectivity index (χ1) is 8.24. The smallest absolute Gasteiger partial charge is 0.220 e. The number of amides is 1. The molecule has 0 aliphatic carbocycles. The van der Waals surface area contributed by atoms with Gasteiger partial charge in [-0.2, -0.15) is 0 Å². The van der Waals surface area contributed by atoms with Gasteiger partial charge in [-0.1, -0.05) is 0 Å². The molecule has 1 aromatic rings. The molecular weight excluding hydrogens is 234 g/mol. The highest BCUT2D eigenvalue weighted by molar-refractivity contribution is 7.09. The van der Waals surface area contributed by atoms with E-state index in [0.717, 1.165) is 36.6 Å². The summed E-state index contributed by atoms with van der Waals surface area (Å²) in [5, 5.41) is 9.30. The third-order valence-corrected chi connectivity index (χ3v) is 3.89. The van der Waals surface area contributed by atoms with Crippen molar-refractivity contribution in [3.05, 3.63) is 16.1 Å². The van der Waals surface area contributed by atoms with Crippen molar-refractivity contribution in [3.8, 4) is 0 Å². The monoisotopic (exact) mass is 253 g/mol. The van der Waals surface area contributed by atoms with Gasteiger partial charge < -0.3 is 10.6 Å². The van der Waals surface area contributed by atoms with Crippen LogP contribution in [0, 0.1) is 12.8 Å². The highest BCUT2D eigenvalue weighted by Crippen LogP contribution is 2.15. The highest BCUT2D eigenvalue weighted by Gasteiger charge is 2.16. The van der Waals surface area contributed by atoms with Crippen LogP contribution in [0.15, 0.2) is 5.38 Å². The molecule has 4 nitrogen and oxygen atoms in total. The Hall–Kier alpha value is -0.940. The van der Waals surface area contributed by atoms with Crippen molar-refractivity contribution in [2.45, 2.75) is 32.7 Å². The van der Waals surface area contributed by atoms with Crippen LogP contribution >= 0.6 is 11.3 Å². The van der Waals surface area contributed by atoms with Crippen molar-refractivity contribution >= 4 is 17.2 Å². The van der Waals surface area contributed by atoms with Gasteiger partial charge in [-0.05, 0) is 38.8 Å². The largest absolute Gasteiger partial charge is 0.350 e. The molecule has 2 N–H and O–H groups in total. The van der Waals surface area contributed by atoms with E-state index in [1.165, 1.54) is 0 Å². The van der Waals surface area contributed by atoms with Gasteiger partial charge in [0.05, 0.1) is 17.2 Å². The number of aromatic nitrogens is 1. The van der Waals surface area contributed by atoms with Crippen LogP contribution in [0.3, 0.4) is 0 Å². The highest BCUT2D eigenvalue weighted by atomic mass is 32.1. The Kier molecular flexibility index (Phi) is 4.50. The lowest BCUT2D eigenvalue weighted by Gasteiger charge is -2.21. The molecule has 1 aliphatic heterocycles. The SMILES string of the molecule is Cc1nc(CNC(=O)CC2CCNCC2)cs1. The number of thiazole rings is 1. The molecule has 0 atom stereocenters. The van der Waals surface area contributed by atoms with Crippen LogP contribution < -0.4 is 10.6 Å². The van der Waals surface area contributed by atoms with Gasteiger partial charge in [-0.15, -0.1) is 11.3 Å². The number of hydrogen-bond donors (Lipinski definition) is 2. The van der Waals surface area contributed by atoms with Gasteiger partial charge in [-0.25, -0.2) is 4.98 Å². The van der Waals surface area contributed by atoms with Crippen LogP contribution in [-0.4, -0.2) is 24.0 Å². The second kappa shape index (κ2) is 6.12. The van der Waals surface area contributed by atoms with Gasteiger partial charge in [0.25, 0.3) is 0 Å². The molecule has 5 heteroatoms. The number of aryl methyl sites for hydroxylation is 1. The average Bonchev–Trinajstić information content (AvgIpc) is 2.74. The zero-order chi connectivity index (χ0) is 12.1. The van der Waals surface area contributed by atoms with Gasteiger partial charge in [-0.3, -0.25) is 4.79 Å². The Balaban J connectivity index is 1.70. The molecule has 2 rings (SSSR count). The normalized spacial score (nSPS) is 17.0. The van der Waals surface area contributed by atoms with E-state index in [4.69, 9.17) is 0 Å². The molecular formula is C12H19N3OS. The molecule has 2 heterocycles. The minimum Gasteiger partial charge on any atom is -0.350 e. The topological polar surface area (TPSA) is 54.0 Å². The van der Waals surface area contributed by atoms with Crippen molar-refractivity contribution in [2.24, 2.45) is 5.92 Å². The van der Waals surface area contributed by atoms with Crippen molar-refractivity contribution < 1.29 is 4.79 Å². The summed E-state index contributed by atoms with van der Waals surface area (Å²) >= 11 is 1.62. The van der Waals surface area contributed by atoms with E-state index in [1.807, 2.05) is 12.3 Å². The first-order valence-corrected chi connectivity index (χ1v) is 7.00. The fraction of sp³-hybridized carbons (Fsp3) is 0.667. The Morgan fingerprint density at radius 3 is 3.00 bits per heavy atom. The van der Waals surface area contributed by atoms with Crippen molar-refractivity contribution in [1.29, 1.82) is 0 Å². The van der Waals surface area contributed by atoms with E-state index in [1.54, 1.807) is 11.3 Å². The van der Waals surface area contributed by atoms with Gasteiger partial charge in [0.1, 0.15) is 0 Å². The van der Waals surface area contributed by atoms with Crippen molar-refractivity contribution in [1.82, 2.24) is 15.6 Å². The lowest BCUT2D eigenvalue weighted by Crippen LogP contribution is -2.32. The van der Waals surface area contributed by atoms with E-state index in [-0.39, 0.29) is 5.91 Å². The Morgan fingerprint density at radius 2 is 2.35 bits per heavy atom. The van der Waals surface area contributed by atoms with Crippen LogP contribution in [0.1, 0.15) is 30.0 Å². The van der Waals surface area contributed by atoms with Gasteiger partial charge in [0.2, 0.25) is 5.91 Å². The summed E-state index contributed by atoms with van der Waals surface area (Å²) < 4.78 is 0. The maximum Gasteiger partial charge on any atom is 0.220 e. The van der Waals surface area contributed by atoms with E-state index in [0.29, 0.717) is 18.9 Å². The Morgan fingerprint density at radius 1 is 1.59 bits per heavy atom. The number of nitrogens with one attached hydrogen (secondary N) is 2. The van der Waals surface area contributed by atoms with E-state index >= 15 is 0 Å². The predicted octanol–water partition coefficient (Wildman–Crippen LogP) is 1.46. The van der Waals surface area contributed by atoms with Gasteiger partial charge >= 0.3 is 0 Å². The van der Waals surface area contributed by atoms with Crippen molar-refractivity contribution in [3.63, 3.8) is 0 Å². The first kappa shape index (κ1) is 12.5. The minimum absolute atomic E-state index is 0.155. The Labute approximate surface area is 106 Å². The summed E-state index contributed by atoms with van der Waals surface area (Å²) in [6.07, 6.45) is 2.89. The average molecular weight is 253 g/mol. The molecule has 0 saturated carbocycles. The summed E-state index contributed by atoms with van der Waals surface area (Å²) in [6.45, 7) is 4.63. The first-order valence-electron chi connectivity index (χ1n) is 6.12. The quantitative estimate of drug-likeness (QED) is 0.854. The third kappa shape index (κ3) is 4.09. The molecule has 1 amide bonds. The van der Waals surface area contributed by atoms with E-state index in [9.17, 15) is 4.79 Å². The fourth-order valence-electron chi connectivity index (χ4n) is 2.10. The number of rotatable bonds is 4. The lowest BCUT2D eigenvalue weighted by atomic mass is 9.94. The summed E-state index contributed by atoms with van der Waals surface area (Å²) in [4.78, 5) is 16.1. The number of carbonyl (C=O) groups is 1. The second-order valence-electron chi connectivity index (χ2n) is 4.53. The molecule has 0 spiro atoms. The summed E-state index contributed by atoms with van der Waals surface area (Å²) in [5.41, 5.74) is 0.964. The van der Waals surface area contributed by atoms with Gasteiger partial charge in [0.15, 0.2) is 0 Å². The van der Waals surface area contributed by atoms with Crippen LogP contribution in [0.25, 0.3) is 0 Å². The van der Waals surface area contributed by atoms with Crippen LogP contribution in [0.4, 0.5) is 0 Å². The van der Waals surface area contributed by atoms with E-state index < -0.39 is 0 Å². The molecule has 1 aromatic heterocycles. The second-order valence-corrected chi connectivity index (χ2v) is 5.59.